The highest BCUT2D eigenvalue weighted by atomic mass is 79.9. The molecule has 0 aromatic heterocycles. The van der Waals surface area contributed by atoms with E-state index in [-0.39, 0.29) is 23.3 Å². The highest BCUT2D eigenvalue weighted by molar-refractivity contribution is 9.09. The van der Waals surface area contributed by atoms with Crippen LogP contribution in [0.5, 0.6) is 5.75 Å². The molecule has 0 saturated heterocycles. The van der Waals surface area contributed by atoms with Crippen molar-refractivity contribution in [1.82, 2.24) is 5.32 Å². The van der Waals surface area contributed by atoms with E-state index in [9.17, 15) is 13.6 Å². The molecule has 19 heavy (non-hydrogen) atoms. The summed E-state index contributed by atoms with van der Waals surface area (Å²) in [6.07, 6.45) is 0. The molecule has 2 atom stereocenters. The third kappa shape index (κ3) is 4.78. The molecule has 0 heterocycles. The van der Waals surface area contributed by atoms with Crippen LogP contribution in [-0.4, -0.2) is 23.9 Å². The third-order valence-corrected chi connectivity index (χ3v) is 3.82. The van der Waals surface area contributed by atoms with Gasteiger partial charge < -0.3 is 10.1 Å². The molecule has 3 nitrogen and oxygen atoms in total. The van der Waals surface area contributed by atoms with Crippen molar-refractivity contribution in [2.75, 3.05) is 5.33 Å². The topological polar surface area (TPSA) is 38.3 Å². The van der Waals surface area contributed by atoms with Crippen molar-refractivity contribution in [2.24, 2.45) is 5.92 Å². The van der Waals surface area contributed by atoms with Crippen LogP contribution in [0.4, 0.5) is 8.78 Å². The van der Waals surface area contributed by atoms with Crippen molar-refractivity contribution in [3.63, 3.8) is 0 Å². The van der Waals surface area contributed by atoms with E-state index in [1.54, 1.807) is 12.1 Å². The second-order valence-corrected chi connectivity index (χ2v) is 4.92. The van der Waals surface area contributed by atoms with E-state index in [1.807, 2.05) is 13.8 Å². The number of rotatable bonds is 6. The van der Waals surface area contributed by atoms with Gasteiger partial charge in [0.25, 0.3) is 5.91 Å². The van der Waals surface area contributed by atoms with Crippen molar-refractivity contribution in [3.8, 4) is 5.75 Å². The van der Waals surface area contributed by atoms with Crippen molar-refractivity contribution in [2.45, 2.75) is 26.5 Å². The summed E-state index contributed by atoms with van der Waals surface area (Å²) in [6, 6.07) is 5.87. The van der Waals surface area contributed by atoms with Crippen LogP contribution in [0.2, 0.25) is 0 Å². The molecule has 6 heteroatoms. The van der Waals surface area contributed by atoms with Gasteiger partial charge in [-0.15, -0.1) is 0 Å². The van der Waals surface area contributed by atoms with Gasteiger partial charge in [0, 0.05) is 11.4 Å². The lowest BCUT2D eigenvalue weighted by molar-refractivity contribution is -0.0501. The summed E-state index contributed by atoms with van der Waals surface area (Å²) in [5.74, 6) is -0.308. The Morgan fingerprint density at radius 1 is 1.37 bits per heavy atom. The van der Waals surface area contributed by atoms with Crippen LogP contribution in [0, 0.1) is 5.92 Å². The third-order valence-electron chi connectivity index (χ3n) is 2.80. The lowest BCUT2D eigenvalue weighted by Crippen LogP contribution is -2.37. The second kappa shape index (κ2) is 7.43. The number of hydrogen-bond acceptors (Lipinski definition) is 2. The molecule has 0 aliphatic rings. The first kappa shape index (κ1) is 15.9. The molecule has 0 aliphatic heterocycles. The monoisotopic (exact) mass is 335 g/mol. The highest BCUT2D eigenvalue weighted by Gasteiger charge is 2.19. The minimum atomic E-state index is -2.95. The van der Waals surface area contributed by atoms with Gasteiger partial charge in [-0.25, -0.2) is 0 Å². The molecular weight excluding hydrogens is 320 g/mol. The summed E-state index contributed by atoms with van der Waals surface area (Å²) in [5.41, 5.74) is 0.108. The van der Waals surface area contributed by atoms with E-state index in [4.69, 9.17) is 0 Å². The van der Waals surface area contributed by atoms with Crippen LogP contribution in [0.3, 0.4) is 0 Å². The summed E-state index contributed by atoms with van der Waals surface area (Å²) in [7, 11) is 0. The van der Waals surface area contributed by atoms with Gasteiger partial charge in [0.2, 0.25) is 0 Å². The molecular formula is C13H16BrF2NO2. The quantitative estimate of drug-likeness (QED) is 0.809. The Hall–Kier alpha value is -1.17. The average Bonchev–Trinajstić information content (AvgIpc) is 2.37. The number of alkyl halides is 3. The predicted octanol–water partition coefficient (Wildman–Crippen LogP) is 3.44. The molecule has 1 N–H and O–H groups in total. The summed E-state index contributed by atoms with van der Waals surface area (Å²) in [5, 5.41) is 3.51. The molecule has 1 aromatic carbocycles. The van der Waals surface area contributed by atoms with E-state index < -0.39 is 12.5 Å². The Morgan fingerprint density at radius 2 is 2.00 bits per heavy atom. The van der Waals surface area contributed by atoms with Gasteiger partial charge in [0.05, 0.1) is 5.56 Å². The normalized spacial score (nSPS) is 14.0. The smallest absolute Gasteiger partial charge is 0.387 e. The van der Waals surface area contributed by atoms with Gasteiger partial charge in [-0.3, -0.25) is 4.79 Å². The Bertz CT molecular complexity index is 429. The summed E-state index contributed by atoms with van der Waals surface area (Å²) in [4.78, 5) is 12.0. The number of halogens is 3. The van der Waals surface area contributed by atoms with Crippen LogP contribution in [0.25, 0.3) is 0 Å². The van der Waals surface area contributed by atoms with Crippen LogP contribution in [0.1, 0.15) is 24.2 Å². The van der Waals surface area contributed by atoms with Crippen molar-refractivity contribution in [3.05, 3.63) is 29.8 Å². The minimum absolute atomic E-state index is 0.0773. The molecule has 1 amide bonds. The number of amides is 1. The first-order valence-corrected chi connectivity index (χ1v) is 6.98. The highest BCUT2D eigenvalue weighted by Crippen LogP contribution is 2.20. The zero-order valence-corrected chi connectivity index (χ0v) is 12.3. The zero-order valence-electron chi connectivity index (χ0n) is 10.7. The number of para-hydroxylation sites is 1. The SMILES string of the molecule is CC(CBr)C(C)NC(=O)c1ccccc1OC(F)F. The fraction of sp³-hybridized carbons (Fsp3) is 0.462. The van der Waals surface area contributed by atoms with Crippen LogP contribution in [-0.2, 0) is 0 Å². The second-order valence-electron chi connectivity index (χ2n) is 4.27. The van der Waals surface area contributed by atoms with Crippen LogP contribution < -0.4 is 10.1 Å². The van der Waals surface area contributed by atoms with Gasteiger partial charge in [-0.1, -0.05) is 35.0 Å². The van der Waals surface area contributed by atoms with Gasteiger partial charge in [0.1, 0.15) is 5.75 Å². The standard InChI is InChI=1S/C13H16BrF2NO2/c1-8(7-14)9(2)17-12(18)10-5-3-4-6-11(10)19-13(15)16/h3-6,8-9,13H,7H2,1-2H3,(H,17,18). The Labute approximate surface area is 119 Å². The maximum Gasteiger partial charge on any atom is 0.387 e. The lowest BCUT2D eigenvalue weighted by Gasteiger charge is -2.20. The maximum absolute atomic E-state index is 12.2. The molecule has 2 unspecified atom stereocenters. The molecule has 0 spiro atoms. The predicted molar refractivity (Wildman–Crippen MR) is 73.0 cm³/mol. The van der Waals surface area contributed by atoms with Gasteiger partial charge in [0.15, 0.2) is 0 Å². The van der Waals surface area contributed by atoms with E-state index in [0.717, 1.165) is 5.33 Å². The Balaban J connectivity index is 2.82. The van der Waals surface area contributed by atoms with E-state index in [1.165, 1.54) is 12.1 Å². The number of nitrogens with one attached hydrogen (secondary N) is 1. The molecule has 1 rings (SSSR count). The molecule has 0 radical (unpaired) electrons. The molecule has 0 bridgehead atoms. The average molecular weight is 336 g/mol. The lowest BCUT2D eigenvalue weighted by atomic mass is 10.1. The van der Waals surface area contributed by atoms with Crippen molar-refractivity contribution < 1.29 is 18.3 Å². The van der Waals surface area contributed by atoms with Crippen molar-refractivity contribution >= 4 is 21.8 Å². The fourth-order valence-electron chi connectivity index (χ4n) is 1.41. The Morgan fingerprint density at radius 3 is 2.58 bits per heavy atom. The van der Waals surface area contributed by atoms with E-state index in [2.05, 4.69) is 26.0 Å². The molecule has 1 aromatic rings. The molecule has 0 fully saturated rings. The largest absolute Gasteiger partial charge is 0.434 e. The van der Waals surface area contributed by atoms with Gasteiger partial charge >= 0.3 is 6.61 Å². The summed E-state index contributed by atoms with van der Waals surface area (Å²) < 4.78 is 28.8. The van der Waals surface area contributed by atoms with Crippen molar-refractivity contribution in [1.29, 1.82) is 0 Å². The van der Waals surface area contributed by atoms with Gasteiger partial charge in [-0.2, -0.15) is 8.78 Å². The summed E-state index contributed by atoms with van der Waals surface area (Å²) in [6.45, 7) is 0.884. The molecule has 0 aliphatic carbocycles. The summed E-state index contributed by atoms with van der Waals surface area (Å²) >= 11 is 3.33. The van der Waals surface area contributed by atoms with E-state index in [0.29, 0.717) is 0 Å². The zero-order chi connectivity index (χ0) is 14.4. The number of ether oxygens (including phenoxy) is 1. The number of carbonyl (C=O) groups excluding carboxylic acids is 1. The first-order valence-electron chi connectivity index (χ1n) is 5.86. The van der Waals surface area contributed by atoms with Crippen LogP contribution in [0.15, 0.2) is 24.3 Å². The minimum Gasteiger partial charge on any atom is -0.434 e. The van der Waals surface area contributed by atoms with Gasteiger partial charge in [-0.05, 0) is 25.0 Å². The fourth-order valence-corrected chi connectivity index (χ4v) is 1.97. The molecule has 0 saturated carbocycles. The first-order chi connectivity index (χ1) is 8.95. The maximum atomic E-state index is 12.2. The number of benzene rings is 1. The number of hydrogen-bond donors (Lipinski definition) is 1. The number of carbonyl (C=O) groups is 1. The van der Waals surface area contributed by atoms with E-state index >= 15 is 0 Å². The Kier molecular flexibility index (Phi) is 6.21. The molecule has 106 valence electrons. The van der Waals surface area contributed by atoms with Crippen LogP contribution >= 0.6 is 15.9 Å².